The van der Waals surface area contributed by atoms with E-state index in [0.29, 0.717) is 17.2 Å². The maximum absolute atomic E-state index is 13.4. The number of hydrogen-bond donors (Lipinski definition) is 1. The van der Waals surface area contributed by atoms with Crippen LogP contribution in [0.15, 0.2) is 18.2 Å². The van der Waals surface area contributed by atoms with Gasteiger partial charge in [0.1, 0.15) is 5.82 Å². The number of carbonyl (C=O) groups excluding carboxylic acids is 1. The molecule has 1 aliphatic rings. The van der Waals surface area contributed by atoms with Crippen LogP contribution in [0.3, 0.4) is 0 Å². The number of hydrogen-bond acceptors (Lipinski definition) is 2. The van der Waals surface area contributed by atoms with Crippen molar-refractivity contribution in [3.63, 3.8) is 0 Å². The fourth-order valence-electron chi connectivity index (χ4n) is 2.28. The van der Waals surface area contributed by atoms with E-state index in [1.807, 2.05) is 7.05 Å². The summed E-state index contributed by atoms with van der Waals surface area (Å²) in [7, 11) is 1.94. The number of carbonyl (C=O) groups is 1. The lowest BCUT2D eigenvalue weighted by atomic mass is 10.0. The van der Waals surface area contributed by atoms with Crippen molar-refractivity contribution in [3.05, 3.63) is 35.1 Å². The van der Waals surface area contributed by atoms with Gasteiger partial charge in [0.25, 0.3) is 5.91 Å². The van der Waals surface area contributed by atoms with Crippen molar-refractivity contribution in [1.82, 2.24) is 10.2 Å². The molecule has 2 rings (SSSR count). The number of halogens is 1. The van der Waals surface area contributed by atoms with Gasteiger partial charge < -0.3 is 10.2 Å². The third-order valence-corrected chi connectivity index (χ3v) is 3.61. The Morgan fingerprint density at radius 1 is 1.39 bits per heavy atom. The fourth-order valence-corrected chi connectivity index (χ4v) is 2.28. The third kappa shape index (κ3) is 2.70. The zero-order chi connectivity index (χ0) is 13.1. The predicted octanol–water partition coefficient (Wildman–Crippen LogP) is 1.96. The number of piperidine rings is 1. The van der Waals surface area contributed by atoms with Crippen LogP contribution in [0, 0.1) is 12.7 Å². The molecule has 18 heavy (non-hydrogen) atoms. The number of rotatable bonds is 2. The molecule has 0 atom stereocenters. The van der Waals surface area contributed by atoms with Gasteiger partial charge >= 0.3 is 0 Å². The Morgan fingerprint density at radius 3 is 2.61 bits per heavy atom. The van der Waals surface area contributed by atoms with Crippen LogP contribution in [-0.2, 0) is 0 Å². The molecule has 1 aromatic rings. The summed E-state index contributed by atoms with van der Waals surface area (Å²) in [4.78, 5) is 14.0. The van der Waals surface area contributed by atoms with Gasteiger partial charge in [-0.25, -0.2) is 4.39 Å². The van der Waals surface area contributed by atoms with Crippen LogP contribution < -0.4 is 5.32 Å². The Morgan fingerprint density at radius 2 is 2.06 bits per heavy atom. The molecule has 3 nitrogen and oxygen atoms in total. The second kappa shape index (κ2) is 5.48. The highest BCUT2D eigenvalue weighted by Crippen LogP contribution is 2.15. The zero-order valence-corrected chi connectivity index (χ0v) is 10.9. The number of aryl methyl sites for hydroxylation is 1. The first kappa shape index (κ1) is 13.0. The van der Waals surface area contributed by atoms with Gasteiger partial charge in [0.15, 0.2) is 0 Å². The lowest BCUT2D eigenvalue weighted by molar-refractivity contribution is 0.0707. The molecule has 1 N–H and O–H groups in total. The normalized spacial score (nSPS) is 16.9. The first-order chi connectivity index (χ1) is 8.61. The summed E-state index contributed by atoms with van der Waals surface area (Å²) in [6, 6.07) is 5.18. The minimum atomic E-state index is -0.314. The van der Waals surface area contributed by atoms with Gasteiger partial charge in [-0.05, 0) is 44.5 Å². The van der Waals surface area contributed by atoms with E-state index >= 15 is 0 Å². The summed E-state index contributed by atoms with van der Waals surface area (Å²) in [5.74, 6) is -0.380. The molecule has 0 radical (unpaired) electrons. The number of likely N-dealkylation sites (tertiary alicyclic amines) is 1. The van der Waals surface area contributed by atoms with Crippen LogP contribution in [0.4, 0.5) is 4.39 Å². The first-order valence-corrected chi connectivity index (χ1v) is 6.34. The molecule has 1 amide bonds. The van der Waals surface area contributed by atoms with E-state index in [4.69, 9.17) is 0 Å². The minimum Gasteiger partial charge on any atom is -0.339 e. The van der Waals surface area contributed by atoms with Crippen molar-refractivity contribution in [2.45, 2.75) is 25.8 Å². The molecule has 0 aromatic heterocycles. The Hall–Kier alpha value is -1.42. The van der Waals surface area contributed by atoms with Crippen LogP contribution in [0.25, 0.3) is 0 Å². The molecule has 0 unspecified atom stereocenters. The summed E-state index contributed by atoms with van der Waals surface area (Å²) in [5, 5.41) is 3.22. The topological polar surface area (TPSA) is 32.3 Å². The van der Waals surface area contributed by atoms with Crippen LogP contribution in [0.5, 0.6) is 0 Å². The van der Waals surface area contributed by atoms with Crippen molar-refractivity contribution >= 4 is 5.91 Å². The summed E-state index contributed by atoms with van der Waals surface area (Å²) in [6.07, 6.45) is 1.91. The molecule has 4 heteroatoms. The minimum absolute atomic E-state index is 0.0662. The second-order valence-electron chi connectivity index (χ2n) is 4.82. The summed E-state index contributed by atoms with van der Waals surface area (Å²) in [6.45, 7) is 3.17. The Labute approximate surface area is 107 Å². The lowest BCUT2D eigenvalue weighted by Crippen LogP contribution is -2.43. The Balaban J connectivity index is 2.05. The summed E-state index contributed by atoms with van der Waals surface area (Å²) >= 11 is 0. The van der Waals surface area contributed by atoms with Gasteiger partial charge in [-0.1, -0.05) is 6.07 Å². The summed E-state index contributed by atoms with van der Waals surface area (Å²) in [5.41, 5.74) is 1.02. The largest absolute Gasteiger partial charge is 0.339 e. The molecule has 1 aromatic carbocycles. The van der Waals surface area contributed by atoms with Crippen molar-refractivity contribution in [3.8, 4) is 0 Å². The fraction of sp³-hybridized carbons (Fsp3) is 0.500. The number of nitrogens with zero attached hydrogens (tertiary/aromatic N) is 1. The highest BCUT2D eigenvalue weighted by molar-refractivity contribution is 5.94. The van der Waals surface area contributed by atoms with Gasteiger partial charge in [0, 0.05) is 24.7 Å². The van der Waals surface area contributed by atoms with E-state index in [-0.39, 0.29) is 11.7 Å². The standard InChI is InChI=1S/C14H19FN2O/c1-10-3-4-11(9-13(10)15)14(18)17-7-5-12(16-2)6-8-17/h3-4,9,12,16H,5-8H2,1-2H3. The Kier molecular flexibility index (Phi) is 3.97. The number of benzene rings is 1. The van der Waals surface area contributed by atoms with Gasteiger partial charge in [-0.15, -0.1) is 0 Å². The molecule has 1 saturated heterocycles. The van der Waals surface area contributed by atoms with E-state index in [1.54, 1.807) is 24.0 Å². The molecule has 1 aliphatic heterocycles. The van der Waals surface area contributed by atoms with Gasteiger partial charge in [0.2, 0.25) is 0 Å². The maximum Gasteiger partial charge on any atom is 0.253 e. The molecule has 0 saturated carbocycles. The number of amides is 1. The molecular formula is C14H19FN2O. The summed E-state index contributed by atoms with van der Waals surface area (Å²) < 4.78 is 13.4. The molecule has 1 heterocycles. The van der Waals surface area contributed by atoms with Crippen LogP contribution in [0.1, 0.15) is 28.8 Å². The van der Waals surface area contributed by atoms with Crippen LogP contribution in [0.2, 0.25) is 0 Å². The average molecular weight is 250 g/mol. The van der Waals surface area contributed by atoms with Gasteiger partial charge in [0.05, 0.1) is 0 Å². The Bertz CT molecular complexity index is 439. The van der Waals surface area contributed by atoms with E-state index in [0.717, 1.165) is 25.9 Å². The number of nitrogens with one attached hydrogen (secondary N) is 1. The van der Waals surface area contributed by atoms with Crippen molar-refractivity contribution in [2.24, 2.45) is 0 Å². The van der Waals surface area contributed by atoms with E-state index < -0.39 is 0 Å². The second-order valence-corrected chi connectivity index (χ2v) is 4.82. The molecule has 0 aliphatic carbocycles. The van der Waals surface area contributed by atoms with Crippen LogP contribution >= 0.6 is 0 Å². The lowest BCUT2D eigenvalue weighted by Gasteiger charge is -2.31. The monoisotopic (exact) mass is 250 g/mol. The zero-order valence-electron chi connectivity index (χ0n) is 10.9. The molecule has 1 fully saturated rings. The average Bonchev–Trinajstić information content (AvgIpc) is 2.41. The quantitative estimate of drug-likeness (QED) is 0.870. The first-order valence-electron chi connectivity index (χ1n) is 6.34. The maximum atomic E-state index is 13.4. The molecule has 0 bridgehead atoms. The van der Waals surface area contributed by atoms with Gasteiger partial charge in [-0.2, -0.15) is 0 Å². The van der Waals surface area contributed by atoms with Crippen molar-refractivity contribution < 1.29 is 9.18 Å². The van der Waals surface area contributed by atoms with Crippen LogP contribution in [-0.4, -0.2) is 37.0 Å². The SMILES string of the molecule is CNC1CCN(C(=O)c2ccc(C)c(F)c2)CC1. The van der Waals surface area contributed by atoms with Gasteiger partial charge in [-0.3, -0.25) is 4.79 Å². The predicted molar refractivity (Wildman–Crippen MR) is 69.1 cm³/mol. The van der Waals surface area contributed by atoms with Crippen molar-refractivity contribution in [2.75, 3.05) is 20.1 Å². The third-order valence-electron chi connectivity index (χ3n) is 3.61. The smallest absolute Gasteiger partial charge is 0.253 e. The van der Waals surface area contributed by atoms with E-state index in [9.17, 15) is 9.18 Å². The van der Waals surface area contributed by atoms with Crippen molar-refractivity contribution in [1.29, 1.82) is 0 Å². The van der Waals surface area contributed by atoms with E-state index in [2.05, 4.69) is 5.32 Å². The van der Waals surface area contributed by atoms with E-state index in [1.165, 1.54) is 6.07 Å². The molecular weight excluding hydrogens is 231 g/mol. The highest BCUT2D eigenvalue weighted by atomic mass is 19.1. The highest BCUT2D eigenvalue weighted by Gasteiger charge is 2.22. The molecule has 0 spiro atoms. The molecule has 98 valence electrons.